The minimum Gasteiger partial charge on any atom is -0.463 e. The average molecular weight is 248 g/mol. The summed E-state index contributed by atoms with van der Waals surface area (Å²) in [6, 6.07) is 3.45. The van der Waals surface area contributed by atoms with Gasteiger partial charge in [0.05, 0.1) is 23.9 Å². The van der Waals surface area contributed by atoms with Crippen LogP contribution in [0.5, 0.6) is 0 Å². The average Bonchev–Trinajstić information content (AvgIpc) is 2.98. The third-order valence-electron chi connectivity index (χ3n) is 3.69. The van der Waals surface area contributed by atoms with Crippen LogP contribution in [0.3, 0.4) is 0 Å². The van der Waals surface area contributed by atoms with E-state index in [4.69, 9.17) is 4.42 Å². The van der Waals surface area contributed by atoms with Gasteiger partial charge in [0.25, 0.3) is 5.91 Å². The third kappa shape index (κ3) is 1.80. The number of aromatic amines is 1. The van der Waals surface area contributed by atoms with E-state index < -0.39 is 5.54 Å². The summed E-state index contributed by atoms with van der Waals surface area (Å²) in [5, 5.41) is 12.4. The molecule has 1 saturated carbocycles. The molecule has 2 aromatic heterocycles. The van der Waals surface area contributed by atoms with E-state index in [1.165, 1.54) is 0 Å². The van der Waals surface area contributed by atoms with Crippen molar-refractivity contribution in [3.05, 3.63) is 24.1 Å². The van der Waals surface area contributed by atoms with Crippen LogP contribution >= 0.6 is 0 Å². The minimum atomic E-state index is -0.524. The molecule has 5 heteroatoms. The number of hydrogen-bond acceptors (Lipinski definition) is 3. The third-order valence-corrected chi connectivity index (χ3v) is 3.69. The summed E-state index contributed by atoms with van der Waals surface area (Å²) in [4.78, 5) is 15.1. The molecule has 0 aliphatic heterocycles. The Bertz CT molecular complexity index is 553. The first-order valence-electron chi connectivity index (χ1n) is 6.12. The van der Waals surface area contributed by atoms with E-state index in [0.29, 0.717) is 17.2 Å². The Morgan fingerprint density at radius 1 is 1.67 bits per heavy atom. The number of carbonyl (C=O) groups excluding carboxylic acids is 1. The smallest absolute Gasteiger partial charge is 0.268 e. The topological polar surface area (TPSA) is 78.3 Å². The summed E-state index contributed by atoms with van der Waals surface area (Å²) < 4.78 is 5.20. The number of fused-ring (bicyclic) bond motifs is 1. The first-order valence-corrected chi connectivity index (χ1v) is 6.12. The summed E-state index contributed by atoms with van der Waals surface area (Å²) >= 11 is 0. The summed E-state index contributed by atoms with van der Waals surface area (Å²) in [7, 11) is 0. The molecule has 1 unspecified atom stereocenters. The predicted octanol–water partition coefficient (Wildman–Crippen LogP) is 1.65. The van der Waals surface area contributed by atoms with E-state index in [1.54, 1.807) is 18.4 Å². The van der Waals surface area contributed by atoms with Crippen LogP contribution in [0, 0.1) is 5.92 Å². The number of aliphatic hydroxyl groups is 1. The van der Waals surface area contributed by atoms with E-state index >= 15 is 0 Å². The van der Waals surface area contributed by atoms with Crippen molar-refractivity contribution in [2.24, 2.45) is 5.92 Å². The van der Waals surface area contributed by atoms with Gasteiger partial charge in [-0.3, -0.25) is 4.79 Å². The van der Waals surface area contributed by atoms with Crippen molar-refractivity contribution < 1.29 is 14.3 Å². The zero-order valence-electron chi connectivity index (χ0n) is 10.2. The second-order valence-electron chi connectivity index (χ2n) is 5.19. The van der Waals surface area contributed by atoms with Gasteiger partial charge in [0.2, 0.25) is 0 Å². The van der Waals surface area contributed by atoms with Crippen molar-refractivity contribution in [2.45, 2.75) is 25.3 Å². The van der Waals surface area contributed by atoms with Gasteiger partial charge in [-0.2, -0.15) is 0 Å². The number of furan rings is 1. The normalized spacial score (nSPS) is 18.8. The molecule has 2 aromatic rings. The van der Waals surface area contributed by atoms with Gasteiger partial charge in [0.15, 0.2) is 5.58 Å². The van der Waals surface area contributed by atoms with Crippen LogP contribution in [0.2, 0.25) is 0 Å². The Hall–Kier alpha value is -1.75. The molecule has 3 N–H and O–H groups in total. The Balaban J connectivity index is 1.80. The predicted molar refractivity (Wildman–Crippen MR) is 66.2 cm³/mol. The number of H-pyrrole nitrogens is 1. The van der Waals surface area contributed by atoms with Crippen LogP contribution < -0.4 is 5.32 Å². The van der Waals surface area contributed by atoms with Crippen molar-refractivity contribution in [1.29, 1.82) is 0 Å². The minimum absolute atomic E-state index is 0.0414. The Kier molecular flexibility index (Phi) is 2.45. The lowest BCUT2D eigenvalue weighted by Gasteiger charge is -2.28. The maximum absolute atomic E-state index is 12.1. The number of nitrogens with one attached hydrogen (secondary N) is 2. The maximum Gasteiger partial charge on any atom is 0.268 e. The molecule has 96 valence electrons. The molecule has 0 radical (unpaired) electrons. The molecule has 0 bridgehead atoms. The molecule has 5 nitrogen and oxygen atoms in total. The Morgan fingerprint density at radius 3 is 3.06 bits per heavy atom. The van der Waals surface area contributed by atoms with Gasteiger partial charge in [-0.05, 0) is 25.7 Å². The molecule has 1 atom stereocenters. The SMILES string of the molecule is CC(CO)(NC(=O)c1cc2occc2[nH]1)C1CC1. The Morgan fingerprint density at radius 2 is 2.44 bits per heavy atom. The van der Waals surface area contributed by atoms with Crippen LogP contribution in [0.25, 0.3) is 11.1 Å². The van der Waals surface area contributed by atoms with Crippen molar-refractivity contribution >= 4 is 17.0 Å². The first-order chi connectivity index (χ1) is 8.62. The van der Waals surface area contributed by atoms with Gasteiger partial charge in [-0.15, -0.1) is 0 Å². The molecular formula is C13H16N2O3. The number of aliphatic hydroxyl groups excluding tert-OH is 1. The number of aromatic nitrogens is 1. The second kappa shape index (κ2) is 3.88. The van der Waals surface area contributed by atoms with Gasteiger partial charge in [-0.25, -0.2) is 0 Å². The monoisotopic (exact) mass is 248 g/mol. The quantitative estimate of drug-likeness (QED) is 0.769. The standard InChI is InChI=1S/C13H16N2O3/c1-13(7-16,8-2-3-8)15-12(17)10-6-11-9(14-10)4-5-18-11/h4-6,8,14,16H,2-3,7H2,1H3,(H,15,17). The highest BCUT2D eigenvalue weighted by molar-refractivity contribution is 5.97. The lowest BCUT2D eigenvalue weighted by Crippen LogP contribution is -2.50. The van der Waals surface area contributed by atoms with E-state index in [1.807, 2.05) is 6.92 Å². The van der Waals surface area contributed by atoms with Crippen LogP contribution in [0.15, 0.2) is 22.8 Å². The van der Waals surface area contributed by atoms with Gasteiger partial charge < -0.3 is 19.8 Å². The molecule has 1 aliphatic carbocycles. The van der Waals surface area contributed by atoms with Crippen LogP contribution in [-0.4, -0.2) is 28.1 Å². The van der Waals surface area contributed by atoms with Gasteiger partial charge in [0.1, 0.15) is 5.69 Å². The zero-order chi connectivity index (χ0) is 12.8. The highest BCUT2D eigenvalue weighted by Crippen LogP contribution is 2.39. The van der Waals surface area contributed by atoms with Crippen molar-refractivity contribution in [1.82, 2.24) is 10.3 Å². The number of carbonyl (C=O) groups is 1. The van der Waals surface area contributed by atoms with E-state index in [0.717, 1.165) is 18.4 Å². The lowest BCUT2D eigenvalue weighted by atomic mass is 9.97. The molecular weight excluding hydrogens is 232 g/mol. The van der Waals surface area contributed by atoms with Crippen molar-refractivity contribution in [3.8, 4) is 0 Å². The number of rotatable bonds is 4. The summed E-state index contributed by atoms with van der Waals surface area (Å²) in [5.41, 5.74) is 1.41. The molecule has 1 fully saturated rings. The van der Waals surface area contributed by atoms with E-state index in [2.05, 4.69) is 10.3 Å². The molecule has 18 heavy (non-hydrogen) atoms. The molecule has 0 saturated heterocycles. The zero-order valence-corrected chi connectivity index (χ0v) is 10.2. The summed E-state index contributed by atoms with van der Waals surface area (Å²) in [6.45, 7) is 1.84. The van der Waals surface area contributed by atoms with Crippen molar-refractivity contribution in [3.63, 3.8) is 0 Å². The number of amides is 1. The highest BCUT2D eigenvalue weighted by Gasteiger charge is 2.42. The van der Waals surface area contributed by atoms with E-state index in [-0.39, 0.29) is 12.5 Å². The molecule has 2 heterocycles. The largest absolute Gasteiger partial charge is 0.463 e. The number of hydrogen-bond donors (Lipinski definition) is 3. The molecule has 0 spiro atoms. The van der Waals surface area contributed by atoms with Crippen LogP contribution in [0.1, 0.15) is 30.3 Å². The van der Waals surface area contributed by atoms with Gasteiger partial charge >= 0.3 is 0 Å². The second-order valence-corrected chi connectivity index (χ2v) is 5.19. The molecule has 1 aliphatic rings. The van der Waals surface area contributed by atoms with Crippen molar-refractivity contribution in [2.75, 3.05) is 6.61 Å². The highest BCUT2D eigenvalue weighted by atomic mass is 16.3. The molecule has 3 rings (SSSR count). The molecule has 1 amide bonds. The van der Waals surface area contributed by atoms with E-state index in [9.17, 15) is 9.90 Å². The Labute approximate surface area is 104 Å². The fraction of sp³-hybridized carbons (Fsp3) is 0.462. The fourth-order valence-electron chi connectivity index (χ4n) is 2.29. The first kappa shape index (κ1) is 11.3. The van der Waals surface area contributed by atoms with Gasteiger partial charge in [0, 0.05) is 12.1 Å². The summed E-state index contributed by atoms with van der Waals surface area (Å²) in [5.74, 6) is 0.175. The van der Waals surface area contributed by atoms with Crippen LogP contribution in [-0.2, 0) is 0 Å². The summed E-state index contributed by atoms with van der Waals surface area (Å²) in [6.07, 6.45) is 3.69. The fourth-order valence-corrected chi connectivity index (χ4v) is 2.29. The van der Waals surface area contributed by atoms with Gasteiger partial charge in [-0.1, -0.05) is 0 Å². The van der Waals surface area contributed by atoms with Crippen LogP contribution in [0.4, 0.5) is 0 Å². The molecule has 0 aromatic carbocycles. The maximum atomic E-state index is 12.1. The lowest BCUT2D eigenvalue weighted by molar-refractivity contribution is 0.0820.